The molecule has 0 aromatic carbocycles. The van der Waals surface area contributed by atoms with Crippen LogP contribution in [0.15, 0.2) is 23.4 Å². The Morgan fingerprint density at radius 2 is 2.05 bits per heavy atom. The number of hydrogen-bond acceptors (Lipinski definition) is 4. The lowest BCUT2D eigenvalue weighted by Crippen LogP contribution is -2.35. The fourth-order valence-electron chi connectivity index (χ4n) is 1.96. The normalized spacial score (nSPS) is 13.4. The summed E-state index contributed by atoms with van der Waals surface area (Å²) in [5.74, 6) is 0. The van der Waals surface area contributed by atoms with Crippen LogP contribution in [-0.4, -0.2) is 19.4 Å². The van der Waals surface area contributed by atoms with Gasteiger partial charge in [0.2, 0.25) is 0 Å². The average molecular weight is 285 g/mol. The molecular weight excluding hydrogens is 262 g/mol. The number of hydrogen-bond donors (Lipinski definition) is 2. The number of rotatable bonds is 8. The van der Waals surface area contributed by atoms with E-state index in [-0.39, 0.29) is 16.8 Å². The Bertz CT molecular complexity index is 488. The molecule has 1 rings (SSSR count). The molecule has 3 N–H and O–H groups in total. The van der Waals surface area contributed by atoms with Crippen molar-refractivity contribution in [3.05, 3.63) is 18.3 Å². The van der Waals surface area contributed by atoms with E-state index in [4.69, 9.17) is 5.73 Å². The van der Waals surface area contributed by atoms with Crippen LogP contribution in [0.4, 0.5) is 5.69 Å². The molecule has 1 aromatic heterocycles. The number of pyridine rings is 1. The van der Waals surface area contributed by atoms with Gasteiger partial charge >= 0.3 is 0 Å². The van der Waals surface area contributed by atoms with Gasteiger partial charge in [0.25, 0.3) is 10.0 Å². The summed E-state index contributed by atoms with van der Waals surface area (Å²) in [4.78, 5) is 3.87. The third kappa shape index (κ3) is 4.80. The Kier molecular flexibility index (Phi) is 6.24. The van der Waals surface area contributed by atoms with Crippen LogP contribution in [0, 0.1) is 0 Å². The van der Waals surface area contributed by atoms with Crippen molar-refractivity contribution in [1.82, 2.24) is 9.71 Å². The lowest BCUT2D eigenvalue weighted by Gasteiger charge is -2.18. The van der Waals surface area contributed by atoms with Gasteiger partial charge in [-0.1, -0.05) is 33.1 Å². The zero-order chi connectivity index (χ0) is 14.3. The second-order valence-electron chi connectivity index (χ2n) is 4.65. The molecule has 0 aliphatic carbocycles. The van der Waals surface area contributed by atoms with Crippen molar-refractivity contribution in [1.29, 1.82) is 0 Å². The van der Waals surface area contributed by atoms with E-state index in [1.807, 2.05) is 6.92 Å². The summed E-state index contributed by atoms with van der Waals surface area (Å²) in [5.41, 5.74) is 5.86. The number of aromatic nitrogens is 1. The summed E-state index contributed by atoms with van der Waals surface area (Å²) in [5, 5.41) is -0.0763. The molecule has 6 heteroatoms. The first kappa shape index (κ1) is 15.9. The molecule has 0 bridgehead atoms. The highest BCUT2D eigenvalue weighted by Gasteiger charge is 2.22. The van der Waals surface area contributed by atoms with Crippen molar-refractivity contribution in [2.75, 3.05) is 5.73 Å². The van der Waals surface area contributed by atoms with Gasteiger partial charge in [0.05, 0.1) is 5.69 Å². The first-order valence-corrected chi connectivity index (χ1v) is 8.22. The molecule has 19 heavy (non-hydrogen) atoms. The van der Waals surface area contributed by atoms with Crippen LogP contribution >= 0.6 is 0 Å². The molecule has 108 valence electrons. The molecule has 0 amide bonds. The lowest BCUT2D eigenvalue weighted by atomic mass is 10.1. The fraction of sp³-hybridized carbons (Fsp3) is 0.615. The fourth-order valence-corrected chi connectivity index (χ4v) is 3.33. The third-order valence-electron chi connectivity index (χ3n) is 2.92. The molecule has 1 heterocycles. The van der Waals surface area contributed by atoms with Crippen molar-refractivity contribution < 1.29 is 8.42 Å². The number of unbranched alkanes of at least 4 members (excludes halogenated alkanes) is 1. The van der Waals surface area contributed by atoms with Crippen LogP contribution in [0.5, 0.6) is 0 Å². The minimum absolute atomic E-state index is 0.0450. The molecule has 0 aliphatic heterocycles. The van der Waals surface area contributed by atoms with Crippen molar-refractivity contribution in [3.63, 3.8) is 0 Å². The monoisotopic (exact) mass is 285 g/mol. The Morgan fingerprint density at radius 1 is 1.32 bits per heavy atom. The second kappa shape index (κ2) is 7.45. The zero-order valence-corrected chi connectivity index (χ0v) is 12.4. The highest BCUT2D eigenvalue weighted by Crippen LogP contribution is 2.16. The van der Waals surface area contributed by atoms with E-state index in [0.29, 0.717) is 0 Å². The van der Waals surface area contributed by atoms with Gasteiger partial charge in [0.15, 0.2) is 5.03 Å². The maximum absolute atomic E-state index is 12.2. The predicted molar refractivity (Wildman–Crippen MR) is 77.2 cm³/mol. The summed E-state index contributed by atoms with van der Waals surface area (Å²) in [6.45, 7) is 4.14. The molecule has 0 saturated heterocycles. The van der Waals surface area contributed by atoms with Crippen molar-refractivity contribution >= 4 is 15.7 Å². The molecule has 0 saturated carbocycles. The highest BCUT2D eigenvalue weighted by atomic mass is 32.2. The largest absolute Gasteiger partial charge is 0.396 e. The number of nitrogens with zero attached hydrogens (tertiary/aromatic N) is 1. The summed E-state index contributed by atoms with van der Waals surface area (Å²) in [6.07, 6.45) is 6.10. The topological polar surface area (TPSA) is 85.1 Å². The Hall–Kier alpha value is -1.14. The number of sulfonamides is 1. The maximum atomic E-state index is 12.2. The molecule has 1 unspecified atom stereocenters. The van der Waals surface area contributed by atoms with E-state index in [0.717, 1.165) is 32.1 Å². The van der Waals surface area contributed by atoms with E-state index in [2.05, 4.69) is 16.6 Å². The van der Waals surface area contributed by atoms with Crippen LogP contribution in [0.2, 0.25) is 0 Å². The number of anilines is 1. The first-order chi connectivity index (χ1) is 9.01. The molecule has 5 nitrogen and oxygen atoms in total. The highest BCUT2D eigenvalue weighted by molar-refractivity contribution is 7.89. The Balaban J connectivity index is 2.85. The number of nitrogens with two attached hydrogens (primary N) is 1. The zero-order valence-electron chi connectivity index (χ0n) is 11.6. The van der Waals surface area contributed by atoms with E-state index in [1.165, 1.54) is 6.20 Å². The summed E-state index contributed by atoms with van der Waals surface area (Å²) in [6, 6.07) is 3.12. The van der Waals surface area contributed by atoms with Crippen molar-refractivity contribution in [2.45, 2.75) is 57.0 Å². The third-order valence-corrected chi connectivity index (χ3v) is 4.41. The molecular formula is C13H23N3O2S. The quantitative estimate of drug-likeness (QED) is 0.767. The molecule has 1 aromatic rings. The molecule has 1 atom stereocenters. The molecule has 0 radical (unpaired) electrons. The van der Waals surface area contributed by atoms with E-state index in [9.17, 15) is 8.42 Å². The average Bonchev–Trinajstić information content (AvgIpc) is 2.36. The van der Waals surface area contributed by atoms with E-state index >= 15 is 0 Å². The van der Waals surface area contributed by atoms with E-state index < -0.39 is 10.0 Å². The molecule has 0 fully saturated rings. The summed E-state index contributed by atoms with van der Waals surface area (Å²) < 4.78 is 27.2. The van der Waals surface area contributed by atoms with Crippen LogP contribution in [0.1, 0.15) is 46.0 Å². The van der Waals surface area contributed by atoms with Crippen LogP contribution in [-0.2, 0) is 10.0 Å². The molecule has 0 aliphatic rings. The van der Waals surface area contributed by atoms with Gasteiger partial charge in [-0.05, 0) is 25.0 Å². The van der Waals surface area contributed by atoms with Crippen LogP contribution < -0.4 is 10.5 Å². The SMILES string of the molecule is CCCCC(CCC)NS(=O)(=O)c1ncccc1N. The van der Waals surface area contributed by atoms with Gasteiger partial charge in [0.1, 0.15) is 0 Å². The number of nitrogens with one attached hydrogen (secondary N) is 1. The van der Waals surface area contributed by atoms with Crippen molar-refractivity contribution in [2.24, 2.45) is 0 Å². The Labute approximate surface area is 115 Å². The predicted octanol–water partition coefficient (Wildman–Crippen LogP) is 2.30. The Morgan fingerprint density at radius 3 is 2.63 bits per heavy atom. The van der Waals surface area contributed by atoms with E-state index in [1.54, 1.807) is 12.1 Å². The second-order valence-corrected chi connectivity index (χ2v) is 6.28. The van der Waals surface area contributed by atoms with Gasteiger partial charge in [0, 0.05) is 12.2 Å². The lowest BCUT2D eigenvalue weighted by molar-refractivity contribution is 0.482. The van der Waals surface area contributed by atoms with Gasteiger partial charge in [-0.2, -0.15) is 0 Å². The van der Waals surface area contributed by atoms with Gasteiger partial charge < -0.3 is 5.73 Å². The standard InChI is InChI=1S/C13H23N3O2S/c1-3-5-8-11(7-4-2)16-19(17,18)13-12(14)9-6-10-15-13/h6,9-11,16H,3-5,7-8,14H2,1-2H3. The first-order valence-electron chi connectivity index (χ1n) is 6.74. The molecule has 0 spiro atoms. The van der Waals surface area contributed by atoms with Gasteiger partial charge in [-0.25, -0.2) is 18.1 Å². The minimum Gasteiger partial charge on any atom is -0.396 e. The van der Waals surface area contributed by atoms with Crippen molar-refractivity contribution in [3.8, 4) is 0 Å². The van der Waals surface area contributed by atoms with Gasteiger partial charge in [-0.3, -0.25) is 0 Å². The minimum atomic E-state index is -3.63. The van der Waals surface area contributed by atoms with Crippen LogP contribution in [0.3, 0.4) is 0 Å². The maximum Gasteiger partial charge on any atom is 0.260 e. The summed E-state index contributed by atoms with van der Waals surface area (Å²) >= 11 is 0. The van der Waals surface area contributed by atoms with Gasteiger partial charge in [-0.15, -0.1) is 0 Å². The summed E-state index contributed by atoms with van der Waals surface area (Å²) in [7, 11) is -3.63. The number of nitrogen functional groups attached to an aromatic ring is 1. The van der Waals surface area contributed by atoms with Crippen LogP contribution in [0.25, 0.3) is 0 Å². The smallest absolute Gasteiger partial charge is 0.260 e.